The first-order valence-electron chi connectivity index (χ1n) is 9.07. The van der Waals surface area contributed by atoms with Gasteiger partial charge in [-0.2, -0.15) is 0 Å². The molecule has 0 N–H and O–H groups in total. The number of methoxy groups -OCH3 is 3. The molecule has 2 atom stereocenters. The topological polar surface area (TPSA) is 57.2 Å². The Hall–Kier alpha value is -3.15. The van der Waals surface area contributed by atoms with Crippen molar-refractivity contribution in [2.75, 3.05) is 32.8 Å². The highest BCUT2D eigenvalue weighted by Gasteiger charge is 2.47. The number of rotatable bonds is 8. The SMILES string of the molecule is C=CC1C(=O)N(c2cc(OC)c(OC)c(OC)c2)C1c1ccc(OCC)cc1. The van der Waals surface area contributed by atoms with Gasteiger partial charge in [0, 0.05) is 12.1 Å². The van der Waals surface area contributed by atoms with Crippen LogP contribution >= 0.6 is 0 Å². The quantitative estimate of drug-likeness (QED) is 0.509. The molecular formula is C22H25NO5. The molecule has 1 fully saturated rings. The second kappa shape index (κ2) is 8.25. The molecule has 0 spiro atoms. The number of benzene rings is 2. The number of hydrogen-bond donors (Lipinski definition) is 0. The van der Waals surface area contributed by atoms with E-state index in [0.29, 0.717) is 29.5 Å². The molecule has 148 valence electrons. The van der Waals surface area contributed by atoms with Crippen molar-refractivity contribution in [1.82, 2.24) is 0 Å². The first-order chi connectivity index (χ1) is 13.6. The third-order valence-corrected chi connectivity index (χ3v) is 4.86. The minimum atomic E-state index is -0.294. The summed E-state index contributed by atoms with van der Waals surface area (Å²) in [5.74, 6) is 1.96. The van der Waals surface area contributed by atoms with Crippen LogP contribution in [0, 0.1) is 5.92 Å². The van der Waals surface area contributed by atoms with Gasteiger partial charge in [0.25, 0.3) is 0 Å². The summed E-state index contributed by atoms with van der Waals surface area (Å²) in [7, 11) is 4.65. The average molecular weight is 383 g/mol. The van der Waals surface area contributed by atoms with Crippen LogP contribution in [0.25, 0.3) is 0 Å². The summed E-state index contributed by atoms with van der Waals surface area (Å²) in [4.78, 5) is 14.5. The molecule has 1 amide bonds. The van der Waals surface area contributed by atoms with Crippen molar-refractivity contribution in [1.29, 1.82) is 0 Å². The Balaban J connectivity index is 2.02. The molecule has 1 saturated heterocycles. The molecule has 6 nitrogen and oxygen atoms in total. The van der Waals surface area contributed by atoms with E-state index in [1.807, 2.05) is 31.2 Å². The van der Waals surface area contributed by atoms with Gasteiger partial charge in [0.1, 0.15) is 5.75 Å². The zero-order chi connectivity index (χ0) is 20.3. The minimum absolute atomic E-state index is 0.0249. The number of carbonyl (C=O) groups excluding carboxylic acids is 1. The molecule has 1 aliphatic rings. The van der Waals surface area contributed by atoms with Crippen LogP contribution in [-0.2, 0) is 4.79 Å². The normalized spacial score (nSPS) is 18.3. The van der Waals surface area contributed by atoms with Gasteiger partial charge in [0.05, 0.1) is 45.6 Å². The summed E-state index contributed by atoms with van der Waals surface area (Å²) in [6, 6.07) is 11.2. The molecule has 0 aromatic heterocycles. The minimum Gasteiger partial charge on any atom is -0.494 e. The Labute approximate surface area is 165 Å². The van der Waals surface area contributed by atoms with Crippen molar-refractivity contribution in [3.8, 4) is 23.0 Å². The van der Waals surface area contributed by atoms with Crippen LogP contribution in [0.5, 0.6) is 23.0 Å². The lowest BCUT2D eigenvalue weighted by Gasteiger charge is -2.46. The molecule has 0 bridgehead atoms. The van der Waals surface area contributed by atoms with Crippen molar-refractivity contribution in [3.63, 3.8) is 0 Å². The van der Waals surface area contributed by atoms with Gasteiger partial charge in [-0.25, -0.2) is 0 Å². The highest BCUT2D eigenvalue weighted by molar-refractivity contribution is 6.04. The van der Waals surface area contributed by atoms with E-state index in [0.717, 1.165) is 11.3 Å². The molecule has 2 unspecified atom stereocenters. The van der Waals surface area contributed by atoms with Gasteiger partial charge in [-0.15, -0.1) is 6.58 Å². The first-order valence-corrected chi connectivity index (χ1v) is 9.07. The van der Waals surface area contributed by atoms with E-state index in [-0.39, 0.29) is 17.9 Å². The smallest absolute Gasteiger partial charge is 0.236 e. The third-order valence-electron chi connectivity index (χ3n) is 4.86. The van der Waals surface area contributed by atoms with Gasteiger partial charge in [-0.1, -0.05) is 18.2 Å². The van der Waals surface area contributed by atoms with Crippen molar-refractivity contribution in [2.45, 2.75) is 13.0 Å². The van der Waals surface area contributed by atoms with E-state index in [9.17, 15) is 4.79 Å². The van der Waals surface area contributed by atoms with Crippen molar-refractivity contribution in [2.24, 2.45) is 5.92 Å². The van der Waals surface area contributed by atoms with Crippen molar-refractivity contribution >= 4 is 11.6 Å². The second-order valence-electron chi connectivity index (χ2n) is 6.30. The second-order valence-corrected chi connectivity index (χ2v) is 6.30. The standard InChI is InChI=1S/C22H25NO5/c1-6-17-20(14-8-10-16(11-9-14)28-7-2)23(22(17)24)15-12-18(25-3)21(27-5)19(13-15)26-4/h6,8-13,17,20H,1,7H2,2-5H3. The van der Waals surface area contributed by atoms with Crippen LogP contribution in [0.1, 0.15) is 18.5 Å². The van der Waals surface area contributed by atoms with E-state index in [1.54, 1.807) is 44.4 Å². The van der Waals surface area contributed by atoms with E-state index >= 15 is 0 Å². The number of β-lactam (4-membered cyclic amide) rings is 1. The molecule has 1 heterocycles. The zero-order valence-electron chi connectivity index (χ0n) is 16.6. The Morgan fingerprint density at radius 1 is 1.04 bits per heavy atom. The summed E-state index contributed by atoms with van der Waals surface area (Å²) in [5.41, 5.74) is 1.68. The van der Waals surface area contributed by atoms with Gasteiger partial charge in [-0.05, 0) is 24.6 Å². The summed E-state index contributed by atoms with van der Waals surface area (Å²) in [5, 5.41) is 0. The molecule has 6 heteroatoms. The molecule has 0 aliphatic carbocycles. The van der Waals surface area contributed by atoms with Crippen molar-refractivity contribution < 1.29 is 23.7 Å². The number of anilines is 1. The number of hydrogen-bond acceptors (Lipinski definition) is 5. The summed E-state index contributed by atoms with van der Waals surface area (Å²) < 4.78 is 21.8. The van der Waals surface area contributed by atoms with E-state index in [2.05, 4.69) is 6.58 Å². The zero-order valence-corrected chi connectivity index (χ0v) is 16.6. The molecule has 1 aliphatic heterocycles. The van der Waals surface area contributed by atoms with E-state index in [4.69, 9.17) is 18.9 Å². The highest BCUT2D eigenvalue weighted by atomic mass is 16.5. The molecule has 28 heavy (non-hydrogen) atoms. The molecule has 2 aromatic carbocycles. The number of amides is 1. The lowest BCUT2D eigenvalue weighted by molar-refractivity contribution is -0.128. The highest BCUT2D eigenvalue weighted by Crippen LogP contribution is 2.48. The number of ether oxygens (including phenoxy) is 4. The average Bonchev–Trinajstić information content (AvgIpc) is 2.72. The molecule has 0 saturated carbocycles. The maximum absolute atomic E-state index is 12.8. The molecule has 0 radical (unpaired) electrons. The predicted molar refractivity (Wildman–Crippen MR) is 108 cm³/mol. The lowest BCUT2D eigenvalue weighted by Crippen LogP contribution is -2.54. The van der Waals surface area contributed by atoms with Crippen LogP contribution in [0.2, 0.25) is 0 Å². The Kier molecular flexibility index (Phi) is 5.78. The monoisotopic (exact) mass is 383 g/mol. The summed E-state index contributed by atoms with van der Waals surface area (Å²) in [6.07, 6.45) is 1.69. The first kappa shape index (κ1) is 19.6. The maximum atomic E-state index is 12.8. The van der Waals surface area contributed by atoms with Crippen LogP contribution in [0.4, 0.5) is 5.69 Å². The molecular weight excluding hydrogens is 358 g/mol. The fourth-order valence-electron chi connectivity index (χ4n) is 3.52. The van der Waals surface area contributed by atoms with Crippen molar-refractivity contribution in [3.05, 3.63) is 54.6 Å². The Morgan fingerprint density at radius 3 is 2.11 bits per heavy atom. The largest absolute Gasteiger partial charge is 0.494 e. The Morgan fingerprint density at radius 2 is 1.64 bits per heavy atom. The number of nitrogens with zero attached hydrogens (tertiary/aromatic N) is 1. The van der Waals surface area contributed by atoms with Crippen LogP contribution in [0.15, 0.2) is 49.1 Å². The summed E-state index contributed by atoms with van der Waals surface area (Å²) >= 11 is 0. The lowest BCUT2D eigenvalue weighted by atomic mass is 9.82. The van der Waals surface area contributed by atoms with Gasteiger partial charge in [-0.3, -0.25) is 4.79 Å². The number of carbonyl (C=O) groups is 1. The third kappa shape index (κ3) is 3.26. The van der Waals surface area contributed by atoms with Gasteiger partial charge < -0.3 is 23.8 Å². The van der Waals surface area contributed by atoms with Gasteiger partial charge in [0.2, 0.25) is 11.7 Å². The van der Waals surface area contributed by atoms with E-state index < -0.39 is 0 Å². The Bertz CT molecular complexity index is 837. The summed E-state index contributed by atoms with van der Waals surface area (Å²) in [6.45, 7) is 6.39. The van der Waals surface area contributed by atoms with Crippen LogP contribution in [0.3, 0.4) is 0 Å². The fourth-order valence-corrected chi connectivity index (χ4v) is 3.52. The predicted octanol–water partition coefficient (Wildman–Crippen LogP) is 4.00. The van der Waals surface area contributed by atoms with Gasteiger partial charge in [0.15, 0.2) is 11.5 Å². The molecule has 2 aromatic rings. The fraction of sp³-hybridized carbons (Fsp3) is 0.318. The van der Waals surface area contributed by atoms with E-state index in [1.165, 1.54) is 0 Å². The van der Waals surface area contributed by atoms with Crippen LogP contribution in [-0.4, -0.2) is 33.8 Å². The molecule has 3 rings (SSSR count). The van der Waals surface area contributed by atoms with Crippen LogP contribution < -0.4 is 23.8 Å². The van der Waals surface area contributed by atoms with Gasteiger partial charge >= 0.3 is 0 Å². The maximum Gasteiger partial charge on any atom is 0.236 e.